The van der Waals surface area contributed by atoms with Crippen LogP contribution in [0.4, 0.5) is 4.79 Å². The molecule has 4 rings (SSSR count). The highest BCUT2D eigenvalue weighted by Crippen LogP contribution is 2.58. The molecule has 3 aliphatic carbocycles. The van der Waals surface area contributed by atoms with Crippen LogP contribution < -0.4 is 5.32 Å². The van der Waals surface area contributed by atoms with Crippen molar-refractivity contribution in [3.63, 3.8) is 0 Å². The second-order valence-electron chi connectivity index (χ2n) is 11.6. The van der Waals surface area contributed by atoms with Crippen LogP contribution in [-0.2, 0) is 19.2 Å². The first-order chi connectivity index (χ1) is 18.6. The SMILES string of the molecule is CCSC(SCC)=C(C(=O)N(C=O)CC1CCCC1)C(=O)N(C)C1CCC2(CC1)CC1(C2)NC(=O)N(C)C1=O. The topological polar surface area (TPSA) is 107 Å². The number of hydrogen-bond donors (Lipinski definition) is 1. The van der Waals surface area contributed by atoms with Crippen LogP contribution in [0.1, 0.15) is 78.1 Å². The van der Waals surface area contributed by atoms with Gasteiger partial charge in [0.05, 0.1) is 4.24 Å². The molecule has 4 fully saturated rings. The van der Waals surface area contributed by atoms with Crippen LogP contribution >= 0.6 is 23.5 Å². The van der Waals surface area contributed by atoms with E-state index in [1.165, 1.54) is 40.4 Å². The predicted molar refractivity (Wildman–Crippen MR) is 154 cm³/mol. The zero-order chi connectivity index (χ0) is 28.4. The third-order valence-electron chi connectivity index (χ3n) is 9.10. The van der Waals surface area contributed by atoms with Gasteiger partial charge in [-0.2, -0.15) is 0 Å². The van der Waals surface area contributed by atoms with E-state index in [4.69, 9.17) is 0 Å². The molecule has 0 aromatic heterocycles. The quantitative estimate of drug-likeness (QED) is 0.137. The summed E-state index contributed by atoms with van der Waals surface area (Å²) in [5, 5.41) is 2.89. The summed E-state index contributed by atoms with van der Waals surface area (Å²) in [5.41, 5.74) is -0.643. The normalized spacial score (nSPS) is 28.4. The van der Waals surface area contributed by atoms with E-state index >= 15 is 0 Å². The third-order valence-corrected chi connectivity index (χ3v) is 11.3. The standard InChI is InChI=1S/C28H42N4O5S2/c1-5-38-24(39-6-2)21(23(35)32(18-33)15-19-9-7-8-10-19)22(34)30(3)20-11-13-27(14-12-20)16-28(17-27)25(36)31(4)26(37)29-28/h18-20H,5-17H2,1-4H3,(H,29,37). The number of carbonyl (C=O) groups excluding carboxylic acids is 5. The molecular formula is C28H42N4O5S2. The van der Waals surface area contributed by atoms with Crippen molar-refractivity contribution in [1.82, 2.24) is 20.0 Å². The van der Waals surface area contributed by atoms with Gasteiger partial charge in [-0.3, -0.25) is 29.0 Å². The Morgan fingerprint density at radius 1 is 1.03 bits per heavy atom. The number of imide groups is 2. The summed E-state index contributed by atoms with van der Waals surface area (Å²) in [6.07, 6.45) is 9.37. The first kappa shape index (κ1) is 30.0. The molecule has 0 aromatic carbocycles. The number of nitrogens with zero attached hydrogens (tertiary/aromatic N) is 3. The van der Waals surface area contributed by atoms with Gasteiger partial charge in [-0.1, -0.05) is 26.7 Å². The lowest BCUT2D eigenvalue weighted by Crippen LogP contribution is -2.63. The van der Waals surface area contributed by atoms with Crippen molar-refractivity contribution >= 4 is 53.7 Å². The fourth-order valence-electron chi connectivity index (χ4n) is 7.02. The maximum absolute atomic E-state index is 14.0. The minimum atomic E-state index is -0.760. The molecule has 1 heterocycles. The van der Waals surface area contributed by atoms with Crippen LogP contribution in [0.25, 0.3) is 0 Å². The summed E-state index contributed by atoms with van der Waals surface area (Å²) in [5.74, 6) is 0.786. The summed E-state index contributed by atoms with van der Waals surface area (Å²) in [7, 11) is 3.28. The highest BCUT2D eigenvalue weighted by atomic mass is 32.2. The van der Waals surface area contributed by atoms with Crippen molar-refractivity contribution in [2.24, 2.45) is 11.3 Å². The van der Waals surface area contributed by atoms with Crippen molar-refractivity contribution in [2.75, 3.05) is 32.1 Å². The summed E-state index contributed by atoms with van der Waals surface area (Å²) < 4.78 is 0.688. The molecule has 4 aliphatic rings. The molecule has 0 radical (unpaired) electrons. The third kappa shape index (κ3) is 5.89. The summed E-state index contributed by atoms with van der Waals surface area (Å²) >= 11 is 2.97. The number of urea groups is 1. The Labute approximate surface area is 240 Å². The van der Waals surface area contributed by atoms with Gasteiger partial charge >= 0.3 is 6.03 Å². The Morgan fingerprint density at radius 2 is 1.62 bits per heavy atom. The van der Waals surface area contributed by atoms with Gasteiger partial charge in [0, 0.05) is 26.7 Å². The van der Waals surface area contributed by atoms with Crippen LogP contribution in [0.5, 0.6) is 0 Å². The highest BCUT2D eigenvalue weighted by Gasteiger charge is 2.64. The molecular weight excluding hydrogens is 536 g/mol. The molecule has 39 heavy (non-hydrogen) atoms. The number of likely N-dealkylation sites (N-methyl/N-ethyl adjacent to an activating group) is 2. The lowest BCUT2D eigenvalue weighted by molar-refractivity contribution is -0.142. The smallest absolute Gasteiger partial charge is 0.324 e. The van der Waals surface area contributed by atoms with Gasteiger partial charge in [-0.25, -0.2) is 4.79 Å². The Kier molecular flexibility index (Phi) is 9.41. The maximum Gasteiger partial charge on any atom is 0.324 e. The zero-order valence-corrected chi connectivity index (χ0v) is 25.3. The van der Waals surface area contributed by atoms with E-state index in [9.17, 15) is 24.0 Å². The van der Waals surface area contributed by atoms with Crippen LogP contribution in [-0.4, -0.2) is 88.6 Å². The van der Waals surface area contributed by atoms with Crippen molar-refractivity contribution in [1.29, 1.82) is 0 Å². The van der Waals surface area contributed by atoms with Crippen molar-refractivity contribution < 1.29 is 24.0 Å². The van der Waals surface area contributed by atoms with Crippen LogP contribution in [0.15, 0.2) is 9.81 Å². The summed E-state index contributed by atoms with van der Waals surface area (Å²) in [6, 6.07) is -0.362. The van der Waals surface area contributed by atoms with E-state index in [2.05, 4.69) is 5.32 Å². The van der Waals surface area contributed by atoms with E-state index in [0.29, 0.717) is 36.0 Å². The lowest BCUT2D eigenvalue weighted by atomic mass is 9.51. The van der Waals surface area contributed by atoms with Gasteiger partial charge in [0.2, 0.25) is 6.41 Å². The summed E-state index contributed by atoms with van der Waals surface area (Å²) in [4.78, 5) is 68.5. The molecule has 216 valence electrons. The number of thioether (sulfide) groups is 2. The van der Waals surface area contributed by atoms with Crippen molar-refractivity contribution in [3.8, 4) is 0 Å². The second kappa shape index (κ2) is 12.2. The minimum absolute atomic E-state index is 0.000118. The molecule has 3 saturated carbocycles. The number of carbonyl (C=O) groups is 5. The molecule has 2 spiro atoms. The number of amides is 6. The molecule has 6 amide bonds. The van der Waals surface area contributed by atoms with Gasteiger partial charge in [0.25, 0.3) is 17.7 Å². The number of rotatable bonds is 10. The number of hydrogen-bond acceptors (Lipinski definition) is 7. The van der Waals surface area contributed by atoms with Crippen LogP contribution in [0.3, 0.4) is 0 Å². The predicted octanol–water partition coefficient (Wildman–Crippen LogP) is 3.98. The second-order valence-corrected chi connectivity index (χ2v) is 14.4. The van der Waals surface area contributed by atoms with Crippen LogP contribution in [0.2, 0.25) is 0 Å². The molecule has 11 heteroatoms. The summed E-state index contributed by atoms with van der Waals surface area (Å²) in [6.45, 7) is 4.35. The molecule has 1 aliphatic heterocycles. The number of nitrogens with one attached hydrogen (secondary N) is 1. The zero-order valence-electron chi connectivity index (χ0n) is 23.6. The molecule has 0 unspecified atom stereocenters. The van der Waals surface area contributed by atoms with Gasteiger partial charge in [0.1, 0.15) is 11.1 Å². The Morgan fingerprint density at radius 3 is 2.10 bits per heavy atom. The molecule has 0 aromatic rings. The minimum Gasteiger partial charge on any atom is -0.338 e. The Hall–Kier alpha value is -2.01. The highest BCUT2D eigenvalue weighted by molar-refractivity contribution is 8.22. The van der Waals surface area contributed by atoms with Crippen LogP contribution in [0, 0.1) is 11.3 Å². The molecule has 1 N–H and O–H groups in total. The maximum atomic E-state index is 14.0. The fraction of sp³-hybridized carbons (Fsp3) is 0.750. The molecule has 0 atom stereocenters. The first-order valence-corrected chi connectivity index (χ1v) is 16.2. The van der Waals surface area contributed by atoms with E-state index in [-0.39, 0.29) is 34.9 Å². The average molecular weight is 579 g/mol. The average Bonchev–Trinajstić information content (AvgIpc) is 3.50. The van der Waals surface area contributed by atoms with Gasteiger partial charge < -0.3 is 10.2 Å². The Balaban J connectivity index is 1.46. The van der Waals surface area contributed by atoms with E-state index < -0.39 is 11.4 Å². The lowest BCUT2D eigenvalue weighted by Gasteiger charge is -2.56. The van der Waals surface area contributed by atoms with Gasteiger partial charge in [0.15, 0.2) is 0 Å². The van der Waals surface area contributed by atoms with E-state index in [1.807, 2.05) is 13.8 Å². The van der Waals surface area contributed by atoms with Gasteiger partial charge in [-0.15, -0.1) is 23.5 Å². The monoisotopic (exact) mass is 578 g/mol. The van der Waals surface area contributed by atoms with Crippen molar-refractivity contribution in [2.45, 2.75) is 89.6 Å². The first-order valence-electron chi connectivity index (χ1n) is 14.2. The van der Waals surface area contributed by atoms with Gasteiger partial charge in [-0.05, 0) is 74.2 Å². The largest absolute Gasteiger partial charge is 0.338 e. The van der Waals surface area contributed by atoms with Crippen molar-refractivity contribution in [3.05, 3.63) is 9.81 Å². The van der Waals surface area contributed by atoms with E-state index in [1.54, 1.807) is 11.9 Å². The fourth-order valence-corrected chi connectivity index (χ4v) is 9.23. The molecule has 1 saturated heterocycles. The Bertz CT molecular complexity index is 1020. The van der Waals surface area contributed by atoms with E-state index in [0.717, 1.165) is 62.9 Å². The molecule has 9 nitrogen and oxygen atoms in total. The molecule has 0 bridgehead atoms.